The molecule has 0 bridgehead atoms. The van der Waals surface area contributed by atoms with E-state index < -0.39 is 5.69 Å². The van der Waals surface area contributed by atoms with Gasteiger partial charge in [-0.05, 0) is 11.8 Å². The Balaban J connectivity index is -0.000000720. The molecule has 0 fully saturated rings. The number of rotatable bonds is 6. The van der Waals surface area contributed by atoms with Crippen molar-refractivity contribution in [1.82, 2.24) is 0 Å². The SMILES string of the molecule is CC(C)COP(=S)([S-])OCC(C)C.O.[Zn]. The predicted octanol–water partition coefficient (Wildman–Crippen LogP) is 2.28. The molecule has 15 heavy (non-hydrogen) atoms. The molecule has 0 aliphatic heterocycles. The van der Waals surface area contributed by atoms with Crippen molar-refractivity contribution in [1.29, 1.82) is 0 Å². The quantitative estimate of drug-likeness (QED) is 0.427. The fourth-order valence-electron chi connectivity index (χ4n) is 0.518. The van der Waals surface area contributed by atoms with Crippen LogP contribution in [0.3, 0.4) is 0 Å². The van der Waals surface area contributed by atoms with Crippen molar-refractivity contribution in [2.24, 2.45) is 11.8 Å². The first-order valence-corrected chi connectivity index (χ1v) is 8.09. The Morgan fingerprint density at radius 2 is 1.33 bits per heavy atom. The summed E-state index contributed by atoms with van der Waals surface area (Å²) in [5.41, 5.74) is -2.38. The summed E-state index contributed by atoms with van der Waals surface area (Å²) >= 11 is 10.1. The summed E-state index contributed by atoms with van der Waals surface area (Å²) < 4.78 is 10.7. The van der Waals surface area contributed by atoms with E-state index in [0.717, 1.165) is 0 Å². The van der Waals surface area contributed by atoms with Crippen molar-refractivity contribution in [2.45, 2.75) is 27.7 Å². The summed E-state index contributed by atoms with van der Waals surface area (Å²) in [7, 11) is 0. The van der Waals surface area contributed by atoms with Gasteiger partial charge in [-0.2, -0.15) is 0 Å². The first kappa shape index (κ1) is 21.8. The van der Waals surface area contributed by atoms with Gasteiger partial charge in [0.15, 0.2) is 0 Å². The molecule has 0 aliphatic rings. The van der Waals surface area contributed by atoms with Gasteiger partial charge in [0.05, 0.1) is 18.9 Å². The van der Waals surface area contributed by atoms with E-state index in [9.17, 15) is 0 Å². The monoisotopic (exact) mass is 323 g/mol. The van der Waals surface area contributed by atoms with Crippen molar-refractivity contribution < 1.29 is 34.0 Å². The molecule has 0 amide bonds. The Hall–Kier alpha value is 1.50. The summed E-state index contributed by atoms with van der Waals surface area (Å²) in [6, 6.07) is 0. The molecule has 90 valence electrons. The molecule has 3 nitrogen and oxygen atoms in total. The summed E-state index contributed by atoms with van der Waals surface area (Å²) in [5, 5.41) is 0. The molecule has 0 heterocycles. The molecule has 0 atom stereocenters. The van der Waals surface area contributed by atoms with Gasteiger partial charge in [-0.25, -0.2) is 0 Å². The van der Waals surface area contributed by atoms with Crippen molar-refractivity contribution in [3.8, 4) is 0 Å². The van der Waals surface area contributed by atoms with Crippen LogP contribution in [-0.2, 0) is 52.6 Å². The van der Waals surface area contributed by atoms with Crippen LogP contribution in [0.15, 0.2) is 0 Å². The third kappa shape index (κ3) is 15.5. The van der Waals surface area contributed by atoms with Gasteiger partial charge in [-0.1, -0.05) is 39.5 Å². The minimum Gasteiger partial charge on any atom is -0.691 e. The zero-order chi connectivity index (χ0) is 10.5. The van der Waals surface area contributed by atoms with Gasteiger partial charge in [0.25, 0.3) is 0 Å². The van der Waals surface area contributed by atoms with E-state index in [2.05, 4.69) is 27.7 Å². The van der Waals surface area contributed by atoms with Crippen LogP contribution in [0.1, 0.15) is 27.7 Å². The molecule has 0 saturated heterocycles. The van der Waals surface area contributed by atoms with Crippen LogP contribution in [0.4, 0.5) is 0 Å². The predicted molar refractivity (Wildman–Crippen MR) is 66.8 cm³/mol. The Labute approximate surface area is 116 Å². The molecule has 0 spiro atoms. The maximum Gasteiger partial charge on any atom is 0.0564 e. The van der Waals surface area contributed by atoms with Crippen molar-refractivity contribution >= 4 is 29.7 Å². The minimum absolute atomic E-state index is 0. The molecular formula is C8H20O3PS2Zn-. The molecule has 0 aliphatic carbocycles. The van der Waals surface area contributed by atoms with Gasteiger partial charge in [-0.3, -0.25) is 0 Å². The topological polar surface area (TPSA) is 50.0 Å². The molecule has 0 aromatic rings. The molecule has 0 rings (SSSR count). The molecule has 0 radical (unpaired) electrons. The van der Waals surface area contributed by atoms with E-state index in [1.165, 1.54) is 0 Å². The second kappa shape index (κ2) is 10.6. The van der Waals surface area contributed by atoms with Gasteiger partial charge in [0.1, 0.15) is 0 Å². The van der Waals surface area contributed by atoms with E-state index in [-0.39, 0.29) is 25.0 Å². The maximum atomic E-state index is 5.36. The fourth-order valence-corrected chi connectivity index (χ4v) is 2.28. The normalized spacial score (nSPS) is 11.1. The number of hydrogen-bond donors (Lipinski definition) is 0. The van der Waals surface area contributed by atoms with E-state index in [4.69, 9.17) is 33.1 Å². The Kier molecular flexibility index (Phi) is 15.4. The van der Waals surface area contributed by atoms with E-state index >= 15 is 0 Å². The number of hydrogen-bond acceptors (Lipinski definition) is 4. The zero-order valence-electron chi connectivity index (χ0n) is 9.86. The third-order valence-corrected chi connectivity index (χ3v) is 3.33. The van der Waals surface area contributed by atoms with Gasteiger partial charge >= 0.3 is 0 Å². The van der Waals surface area contributed by atoms with Crippen molar-refractivity contribution in [3.63, 3.8) is 0 Å². The Morgan fingerprint density at radius 1 is 1.07 bits per heavy atom. The maximum absolute atomic E-state index is 5.36. The molecule has 0 unspecified atom stereocenters. The molecule has 2 N–H and O–H groups in total. The van der Waals surface area contributed by atoms with E-state index in [1.54, 1.807) is 0 Å². The summed E-state index contributed by atoms with van der Waals surface area (Å²) in [6.07, 6.45) is 0. The smallest absolute Gasteiger partial charge is 0.0564 e. The van der Waals surface area contributed by atoms with Gasteiger partial charge in [0, 0.05) is 19.5 Å². The van der Waals surface area contributed by atoms with E-state index in [0.29, 0.717) is 25.0 Å². The van der Waals surface area contributed by atoms with Gasteiger partial charge in [-0.15, -0.1) is 0 Å². The third-order valence-electron chi connectivity index (χ3n) is 1.13. The minimum atomic E-state index is -2.38. The van der Waals surface area contributed by atoms with Gasteiger partial charge < -0.3 is 26.8 Å². The van der Waals surface area contributed by atoms with Gasteiger partial charge in [0.2, 0.25) is 0 Å². The van der Waals surface area contributed by atoms with Crippen molar-refractivity contribution in [3.05, 3.63) is 0 Å². The summed E-state index contributed by atoms with van der Waals surface area (Å²) in [5.74, 6) is 0.904. The summed E-state index contributed by atoms with van der Waals surface area (Å²) in [6.45, 7) is 9.44. The van der Waals surface area contributed by atoms with Crippen LogP contribution in [0.25, 0.3) is 0 Å². The van der Waals surface area contributed by atoms with Crippen LogP contribution in [0.2, 0.25) is 0 Å². The standard InChI is InChI=1S/C8H19O2PS2.H2O.Zn/c1-7(2)5-9-11(12,13)10-6-8(3)4;;/h7-8H,5-6H2,1-4H3,(H,12,13);1H2;/p-1. The molecular weight excluding hydrogens is 305 g/mol. The average molecular weight is 325 g/mol. The summed E-state index contributed by atoms with van der Waals surface area (Å²) in [4.78, 5) is 0. The zero-order valence-corrected chi connectivity index (χ0v) is 15.4. The van der Waals surface area contributed by atoms with Crippen LogP contribution in [0, 0.1) is 11.8 Å². The molecule has 0 aromatic carbocycles. The first-order chi connectivity index (χ1) is 5.83. The van der Waals surface area contributed by atoms with Crippen LogP contribution in [0.5, 0.6) is 0 Å². The van der Waals surface area contributed by atoms with Crippen LogP contribution >= 0.6 is 5.69 Å². The van der Waals surface area contributed by atoms with Crippen molar-refractivity contribution in [2.75, 3.05) is 13.2 Å². The Morgan fingerprint density at radius 3 is 1.53 bits per heavy atom. The molecule has 0 aromatic heterocycles. The molecule has 0 saturated carbocycles. The first-order valence-electron chi connectivity index (χ1n) is 4.43. The molecule has 7 heteroatoms. The second-order valence-electron chi connectivity index (χ2n) is 3.83. The fraction of sp³-hybridized carbons (Fsp3) is 1.00. The largest absolute Gasteiger partial charge is 0.691 e. The van der Waals surface area contributed by atoms with Crippen LogP contribution < -0.4 is 0 Å². The average Bonchev–Trinajstić information content (AvgIpc) is 1.98. The second-order valence-corrected chi connectivity index (χ2v) is 8.81. The Bertz CT molecular complexity index is 175. The van der Waals surface area contributed by atoms with Crippen LogP contribution in [-0.4, -0.2) is 18.7 Å². The van der Waals surface area contributed by atoms with E-state index in [1.807, 2.05) is 0 Å².